The van der Waals surface area contributed by atoms with Crippen molar-refractivity contribution in [2.45, 2.75) is 40.7 Å². The number of nitrogens with one attached hydrogen (secondary N) is 1. The first-order valence-electron chi connectivity index (χ1n) is 13.2. The van der Waals surface area contributed by atoms with E-state index in [-0.39, 0.29) is 18.3 Å². The van der Waals surface area contributed by atoms with Crippen molar-refractivity contribution in [2.75, 3.05) is 38.2 Å². The highest BCUT2D eigenvalue weighted by Gasteiger charge is 2.28. The average Bonchev–Trinajstić information content (AvgIpc) is 3.50. The normalized spacial score (nSPS) is 13.0. The van der Waals surface area contributed by atoms with Gasteiger partial charge in [-0.05, 0) is 63.6 Å². The van der Waals surface area contributed by atoms with E-state index < -0.39 is 0 Å². The molecule has 0 radical (unpaired) electrons. The molecule has 2 aromatic heterocycles. The third-order valence-electron chi connectivity index (χ3n) is 6.49. The lowest BCUT2D eigenvalue weighted by atomic mass is 10.0. The smallest absolute Gasteiger partial charge is 0.256 e. The van der Waals surface area contributed by atoms with E-state index in [9.17, 15) is 4.79 Å². The lowest BCUT2D eigenvalue weighted by Crippen LogP contribution is -2.29. The topological polar surface area (TPSA) is 72.9 Å². The minimum atomic E-state index is -0.219. The molecule has 0 fully saturated rings. The molecule has 7 nitrogen and oxygen atoms in total. The van der Waals surface area contributed by atoms with Crippen molar-refractivity contribution in [1.29, 1.82) is 0 Å². The van der Waals surface area contributed by atoms with Crippen LogP contribution in [0.2, 0.25) is 0 Å². The standard InChI is InChI=1S/C29H33N3O4S2.ClH/c1-5-32-14-13-19-24(17-32)38-29(25(19)28-30-20-11-9-10-12-23(20)37-28)31-27(33)18-15-21(34-6-2)26(36-8-4)22(16-18)35-7-3;/h9-12,15-16H,5-8,13-14,17H2,1-4H3,(H,31,33);1H. The summed E-state index contributed by atoms with van der Waals surface area (Å²) < 4.78 is 18.6. The van der Waals surface area contributed by atoms with E-state index in [2.05, 4.69) is 23.2 Å². The fraction of sp³-hybridized carbons (Fsp3) is 0.379. The van der Waals surface area contributed by atoms with Gasteiger partial charge < -0.3 is 19.5 Å². The van der Waals surface area contributed by atoms with Gasteiger partial charge in [0.1, 0.15) is 10.0 Å². The van der Waals surface area contributed by atoms with Crippen molar-refractivity contribution in [2.24, 2.45) is 0 Å². The molecule has 0 bridgehead atoms. The van der Waals surface area contributed by atoms with E-state index in [1.807, 2.05) is 39.0 Å². The van der Waals surface area contributed by atoms with Crippen LogP contribution in [0, 0.1) is 0 Å². The summed E-state index contributed by atoms with van der Waals surface area (Å²) in [6.45, 7) is 12.2. The Labute approximate surface area is 243 Å². The zero-order chi connectivity index (χ0) is 26.6. The highest BCUT2D eigenvalue weighted by Crippen LogP contribution is 2.46. The van der Waals surface area contributed by atoms with Crippen LogP contribution < -0.4 is 19.5 Å². The summed E-state index contributed by atoms with van der Waals surface area (Å²) in [6.07, 6.45) is 0.937. The van der Waals surface area contributed by atoms with Crippen molar-refractivity contribution in [3.8, 4) is 27.8 Å². The average molecular weight is 588 g/mol. The van der Waals surface area contributed by atoms with Gasteiger partial charge in [0, 0.05) is 29.1 Å². The molecule has 0 spiro atoms. The Kier molecular flexibility index (Phi) is 9.71. The van der Waals surface area contributed by atoms with Gasteiger partial charge in [-0.1, -0.05) is 19.1 Å². The summed E-state index contributed by atoms with van der Waals surface area (Å²) in [5.74, 6) is 1.30. The maximum Gasteiger partial charge on any atom is 0.256 e. The number of likely N-dealkylation sites (N-methyl/N-ethyl adjacent to an activating group) is 1. The lowest BCUT2D eigenvalue weighted by molar-refractivity contribution is 0.102. The number of anilines is 1. The maximum absolute atomic E-state index is 13.7. The molecule has 1 N–H and O–H groups in total. The Morgan fingerprint density at radius 1 is 1.00 bits per heavy atom. The number of aromatic nitrogens is 1. The molecule has 2 aromatic carbocycles. The minimum absolute atomic E-state index is 0. The van der Waals surface area contributed by atoms with Gasteiger partial charge in [0.2, 0.25) is 5.75 Å². The number of rotatable bonds is 10. The van der Waals surface area contributed by atoms with Gasteiger partial charge in [0.15, 0.2) is 11.5 Å². The van der Waals surface area contributed by atoms with Gasteiger partial charge in [-0.3, -0.25) is 9.69 Å². The van der Waals surface area contributed by atoms with Crippen LogP contribution in [0.5, 0.6) is 17.2 Å². The summed E-state index contributed by atoms with van der Waals surface area (Å²) in [7, 11) is 0. The molecule has 5 rings (SSSR count). The fourth-order valence-electron chi connectivity index (χ4n) is 4.71. The number of thiophene rings is 1. The second kappa shape index (κ2) is 13.0. The maximum atomic E-state index is 13.7. The molecular formula is C29H34ClN3O4S2. The molecule has 0 atom stereocenters. The van der Waals surface area contributed by atoms with Crippen LogP contribution in [0.15, 0.2) is 36.4 Å². The van der Waals surface area contributed by atoms with Gasteiger partial charge in [0.05, 0.1) is 30.0 Å². The Morgan fingerprint density at radius 3 is 2.33 bits per heavy atom. The van der Waals surface area contributed by atoms with Crippen molar-refractivity contribution >= 4 is 56.2 Å². The highest BCUT2D eigenvalue weighted by atomic mass is 35.5. The number of amides is 1. The second-order valence-corrected chi connectivity index (χ2v) is 11.0. The summed E-state index contributed by atoms with van der Waals surface area (Å²) in [4.78, 5) is 22.4. The minimum Gasteiger partial charge on any atom is -0.490 e. The number of hydrogen-bond acceptors (Lipinski definition) is 8. The molecule has 0 saturated heterocycles. The molecule has 0 saturated carbocycles. The predicted molar refractivity (Wildman–Crippen MR) is 163 cm³/mol. The molecule has 0 aliphatic carbocycles. The molecule has 1 aliphatic heterocycles. The van der Waals surface area contributed by atoms with Crippen LogP contribution in [0.4, 0.5) is 5.00 Å². The summed E-state index contributed by atoms with van der Waals surface area (Å²) in [5.41, 5.74) is 3.78. The summed E-state index contributed by atoms with van der Waals surface area (Å²) in [6, 6.07) is 11.6. The molecule has 39 heavy (non-hydrogen) atoms. The monoisotopic (exact) mass is 587 g/mol. The third-order valence-corrected chi connectivity index (χ3v) is 8.68. The molecule has 10 heteroatoms. The Hall–Kier alpha value is -2.85. The summed E-state index contributed by atoms with van der Waals surface area (Å²) >= 11 is 3.33. The number of carbonyl (C=O) groups is 1. The third kappa shape index (κ3) is 6.01. The van der Waals surface area contributed by atoms with E-state index in [0.29, 0.717) is 42.6 Å². The first-order chi connectivity index (χ1) is 18.6. The van der Waals surface area contributed by atoms with Crippen LogP contribution in [0.1, 0.15) is 48.5 Å². The van der Waals surface area contributed by atoms with E-state index >= 15 is 0 Å². The van der Waals surface area contributed by atoms with Crippen molar-refractivity contribution in [3.05, 3.63) is 52.4 Å². The molecule has 1 amide bonds. The molecule has 208 valence electrons. The van der Waals surface area contributed by atoms with E-state index in [1.165, 1.54) is 10.4 Å². The first kappa shape index (κ1) is 29.1. The number of fused-ring (bicyclic) bond motifs is 2. The zero-order valence-electron chi connectivity index (χ0n) is 22.7. The van der Waals surface area contributed by atoms with Gasteiger partial charge in [-0.15, -0.1) is 35.1 Å². The van der Waals surface area contributed by atoms with Crippen LogP contribution in [-0.2, 0) is 13.0 Å². The summed E-state index contributed by atoms with van der Waals surface area (Å²) in [5, 5.41) is 5.01. The molecular weight excluding hydrogens is 554 g/mol. The SMILES string of the molecule is CCOc1cc(C(=O)Nc2sc3c(c2-c2nc4ccccc4s2)CCN(CC)C3)cc(OCC)c1OCC.Cl. The first-order valence-corrected chi connectivity index (χ1v) is 14.8. The van der Waals surface area contributed by atoms with E-state index in [1.54, 1.807) is 34.8 Å². The number of para-hydroxylation sites is 1. The van der Waals surface area contributed by atoms with Crippen LogP contribution >= 0.6 is 35.1 Å². The van der Waals surface area contributed by atoms with Crippen LogP contribution in [-0.4, -0.2) is 48.7 Å². The number of carbonyl (C=O) groups excluding carboxylic acids is 1. The predicted octanol–water partition coefficient (Wildman–Crippen LogP) is 7.27. The zero-order valence-corrected chi connectivity index (χ0v) is 25.1. The second-order valence-electron chi connectivity index (χ2n) is 8.87. The largest absolute Gasteiger partial charge is 0.490 e. The van der Waals surface area contributed by atoms with Gasteiger partial charge in [-0.2, -0.15) is 0 Å². The van der Waals surface area contributed by atoms with Gasteiger partial charge in [0.25, 0.3) is 5.91 Å². The lowest BCUT2D eigenvalue weighted by Gasteiger charge is -2.25. The Balaban J connectivity index is 0.00000353. The van der Waals surface area contributed by atoms with Crippen LogP contribution in [0.25, 0.3) is 20.8 Å². The Bertz CT molecular complexity index is 1390. The molecule has 0 unspecified atom stereocenters. The Morgan fingerprint density at radius 2 is 1.69 bits per heavy atom. The van der Waals surface area contributed by atoms with Crippen molar-refractivity contribution in [1.82, 2.24) is 9.88 Å². The van der Waals surface area contributed by atoms with Gasteiger partial charge in [-0.25, -0.2) is 4.98 Å². The fourth-order valence-corrected chi connectivity index (χ4v) is 7.11. The molecule has 3 heterocycles. The number of benzene rings is 2. The number of hydrogen-bond donors (Lipinski definition) is 1. The van der Waals surface area contributed by atoms with Crippen LogP contribution in [0.3, 0.4) is 0 Å². The number of halogens is 1. The number of nitrogens with zero attached hydrogens (tertiary/aromatic N) is 2. The van der Waals surface area contributed by atoms with Crippen molar-refractivity contribution in [3.63, 3.8) is 0 Å². The molecule has 4 aromatic rings. The molecule has 1 aliphatic rings. The highest BCUT2D eigenvalue weighted by molar-refractivity contribution is 7.23. The quantitative estimate of drug-likeness (QED) is 0.210. The van der Waals surface area contributed by atoms with Gasteiger partial charge >= 0.3 is 0 Å². The number of thiazole rings is 1. The van der Waals surface area contributed by atoms with E-state index in [4.69, 9.17) is 19.2 Å². The number of ether oxygens (including phenoxy) is 3. The van der Waals surface area contributed by atoms with Crippen molar-refractivity contribution < 1.29 is 19.0 Å². The van der Waals surface area contributed by atoms with E-state index in [0.717, 1.165) is 51.8 Å².